The van der Waals surface area contributed by atoms with Gasteiger partial charge in [-0.2, -0.15) is 0 Å². The molecule has 2 aromatic carbocycles. The molecule has 4 nitrogen and oxygen atoms in total. The van der Waals surface area contributed by atoms with Crippen LogP contribution in [0.4, 0.5) is 4.39 Å². The van der Waals surface area contributed by atoms with Crippen LogP contribution in [0.15, 0.2) is 48.5 Å². The zero-order chi connectivity index (χ0) is 15.5. The molecule has 0 spiro atoms. The second-order valence-electron chi connectivity index (χ2n) is 5.25. The number of nitrogens with two attached hydrogens (primary N) is 1. The summed E-state index contributed by atoms with van der Waals surface area (Å²) >= 11 is 0. The molecular formula is C17H17FN4. The third-order valence-electron chi connectivity index (χ3n) is 3.51. The van der Waals surface area contributed by atoms with Crippen LogP contribution in [0.5, 0.6) is 0 Å². The van der Waals surface area contributed by atoms with Gasteiger partial charge < -0.3 is 5.73 Å². The van der Waals surface area contributed by atoms with Gasteiger partial charge >= 0.3 is 0 Å². The SMILES string of the molecule is Cc1cccc(-c2c(CN)nnn2Cc2cccc(F)c2)c1. The summed E-state index contributed by atoms with van der Waals surface area (Å²) in [5, 5.41) is 8.34. The molecule has 0 aliphatic heterocycles. The zero-order valence-electron chi connectivity index (χ0n) is 12.3. The van der Waals surface area contributed by atoms with Crippen LogP contribution in [0.2, 0.25) is 0 Å². The molecule has 1 aromatic heterocycles. The minimum Gasteiger partial charge on any atom is -0.325 e. The van der Waals surface area contributed by atoms with E-state index in [0.29, 0.717) is 13.1 Å². The highest BCUT2D eigenvalue weighted by atomic mass is 19.1. The van der Waals surface area contributed by atoms with Gasteiger partial charge in [0.15, 0.2) is 0 Å². The van der Waals surface area contributed by atoms with E-state index >= 15 is 0 Å². The normalized spacial score (nSPS) is 10.9. The molecule has 3 rings (SSSR count). The lowest BCUT2D eigenvalue weighted by atomic mass is 10.1. The third kappa shape index (κ3) is 2.89. The highest BCUT2D eigenvalue weighted by Crippen LogP contribution is 2.24. The summed E-state index contributed by atoms with van der Waals surface area (Å²) in [5.74, 6) is -0.256. The molecule has 0 atom stereocenters. The molecule has 0 fully saturated rings. The van der Waals surface area contributed by atoms with Gasteiger partial charge in [0.1, 0.15) is 11.5 Å². The smallest absolute Gasteiger partial charge is 0.123 e. The van der Waals surface area contributed by atoms with Gasteiger partial charge in [-0.05, 0) is 30.7 Å². The molecule has 0 aliphatic rings. The molecular weight excluding hydrogens is 279 g/mol. The predicted molar refractivity (Wildman–Crippen MR) is 83.6 cm³/mol. The lowest BCUT2D eigenvalue weighted by molar-refractivity contribution is 0.615. The summed E-state index contributed by atoms with van der Waals surface area (Å²) in [6, 6.07) is 14.6. The Morgan fingerprint density at radius 1 is 1.14 bits per heavy atom. The molecule has 0 saturated carbocycles. The van der Waals surface area contributed by atoms with Gasteiger partial charge in [-0.3, -0.25) is 0 Å². The fourth-order valence-corrected chi connectivity index (χ4v) is 2.51. The van der Waals surface area contributed by atoms with E-state index in [9.17, 15) is 4.39 Å². The van der Waals surface area contributed by atoms with E-state index in [0.717, 1.165) is 28.1 Å². The lowest BCUT2D eigenvalue weighted by Crippen LogP contribution is -2.06. The van der Waals surface area contributed by atoms with Crippen molar-refractivity contribution in [3.8, 4) is 11.3 Å². The van der Waals surface area contributed by atoms with E-state index in [1.54, 1.807) is 10.7 Å². The van der Waals surface area contributed by atoms with Crippen LogP contribution in [-0.4, -0.2) is 15.0 Å². The average Bonchev–Trinajstić information content (AvgIpc) is 2.90. The lowest BCUT2D eigenvalue weighted by Gasteiger charge is -2.09. The van der Waals surface area contributed by atoms with Crippen LogP contribution < -0.4 is 5.73 Å². The molecule has 2 N–H and O–H groups in total. The zero-order valence-corrected chi connectivity index (χ0v) is 12.3. The Morgan fingerprint density at radius 2 is 1.95 bits per heavy atom. The van der Waals surface area contributed by atoms with Crippen LogP contribution in [0.3, 0.4) is 0 Å². The summed E-state index contributed by atoms with van der Waals surface area (Å²) in [5.41, 5.74) is 10.4. The number of aryl methyl sites for hydroxylation is 1. The van der Waals surface area contributed by atoms with E-state index in [4.69, 9.17) is 5.73 Å². The summed E-state index contributed by atoms with van der Waals surface area (Å²) in [4.78, 5) is 0. The molecule has 0 radical (unpaired) electrons. The first kappa shape index (κ1) is 14.4. The molecule has 3 aromatic rings. The van der Waals surface area contributed by atoms with Crippen molar-refractivity contribution in [3.05, 3.63) is 71.2 Å². The second-order valence-corrected chi connectivity index (χ2v) is 5.25. The monoisotopic (exact) mass is 296 g/mol. The molecule has 0 bridgehead atoms. The van der Waals surface area contributed by atoms with Crippen molar-refractivity contribution in [2.24, 2.45) is 5.73 Å². The van der Waals surface area contributed by atoms with Crippen LogP contribution in [-0.2, 0) is 13.1 Å². The molecule has 5 heteroatoms. The maximum atomic E-state index is 13.4. The van der Waals surface area contributed by atoms with Crippen LogP contribution in [0.1, 0.15) is 16.8 Å². The summed E-state index contributed by atoms with van der Waals surface area (Å²) in [6.45, 7) is 2.80. The number of hydrogen-bond acceptors (Lipinski definition) is 3. The van der Waals surface area contributed by atoms with Crippen molar-refractivity contribution in [2.45, 2.75) is 20.0 Å². The molecule has 22 heavy (non-hydrogen) atoms. The number of halogens is 1. The Kier molecular flexibility index (Phi) is 3.98. The highest BCUT2D eigenvalue weighted by Gasteiger charge is 2.14. The first-order valence-electron chi connectivity index (χ1n) is 7.11. The fraction of sp³-hybridized carbons (Fsp3) is 0.176. The largest absolute Gasteiger partial charge is 0.325 e. The molecule has 1 heterocycles. The van der Waals surface area contributed by atoms with Gasteiger partial charge in [-0.15, -0.1) is 5.10 Å². The maximum Gasteiger partial charge on any atom is 0.123 e. The quantitative estimate of drug-likeness (QED) is 0.805. The van der Waals surface area contributed by atoms with Crippen LogP contribution in [0.25, 0.3) is 11.3 Å². The molecule has 0 amide bonds. The Bertz CT molecular complexity index is 795. The second kappa shape index (κ2) is 6.07. The van der Waals surface area contributed by atoms with E-state index in [-0.39, 0.29) is 5.82 Å². The van der Waals surface area contributed by atoms with Gasteiger partial charge in [0, 0.05) is 12.1 Å². The first-order chi connectivity index (χ1) is 10.7. The average molecular weight is 296 g/mol. The minimum atomic E-state index is -0.256. The number of nitrogens with zero attached hydrogens (tertiary/aromatic N) is 3. The van der Waals surface area contributed by atoms with Crippen molar-refractivity contribution < 1.29 is 4.39 Å². The van der Waals surface area contributed by atoms with Gasteiger partial charge in [-0.25, -0.2) is 9.07 Å². The summed E-state index contributed by atoms with van der Waals surface area (Å²) in [6.07, 6.45) is 0. The number of hydrogen-bond donors (Lipinski definition) is 1. The van der Waals surface area contributed by atoms with Crippen molar-refractivity contribution in [2.75, 3.05) is 0 Å². The maximum absolute atomic E-state index is 13.4. The Morgan fingerprint density at radius 3 is 2.68 bits per heavy atom. The molecule has 0 unspecified atom stereocenters. The molecule has 0 saturated heterocycles. The van der Waals surface area contributed by atoms with Crippen molar-refractivity contribution >= 4 is 0 Å². The minimum absolute atomic E-state index is 0.256. The van der Waals surface area contributed by atoms with E-state index in [1.807, 2.05) is 31.2 Å². The summed E-state index contributed by atoms with van der Waals surface area (Å²) < 4.78 is 15.1. The first-order valence-corrected chi connectivity index (χ1v) is 7.11. The topological polar surface area (TPSA) is 56.7 Å². The third-order valence-corrected chi connectivity index (χ3v) is 3.51. The number of benzene rings is 2. The Hall–Kier alpha value is -2.53. The van der Waals surface area contributed by atoms with Gasteiger partial charge in [0.2, 0.25) is 0 Å². The highest BCUT2D eigenvalue weighted by molar-refractivity contribution is 5.62. The predicted octanol–water partition coefficient (Wildman–Crippen LogP) is 2.90. The Labute approximate surface area is 128 Å². The van der Waals surface area contributed by atoms with E-state index in [1.165, 1.54) is 12.1 Å². The van der Waals surface area contributed by atoms with Crippen molar-refractivity contribution in [3.63, 3.8) is 0 Å². The fourth-order valence-electron chi connectivity index (χ4n) is 2.51. The van der Waals surface area contributed by atoms with Crippen LogP contribution in [0, 0.1) is 12.7 Å². The van der Waals surface area contributed by atoms with Crippen molar-refractivity contribution in [1.82, 2.24) is 15.0 Å². The van der Waals surface area contributed by atoms with E-state index in [2.05, 4.69) is 16.4 Å². The van der Waals surface area contributed by atoms with Crippen molar-refractivity contribution in [1.29, 1.82) is 0 Å². The number of rotatable bonds is 4. The summed E-state index contributed by atoms with van der Waals surface area (Å²) in [7, 11) is 0. The molecule has 112 valence electrons. The van der Waals surface area contributed by atoms with Gasteiger partial charge in [0.25, 0.3) is 0 Å². The van der Waals surface area contributed by atoms with Gasteiger partial charge in [-0.1, -0.05) is 41.1 Å². The van der Waals surface area contributed by atoms with Crippen LogP contribution >= 0.6 is 0 Å². The Balaban J connectivity index is 2.04. The van der Waals surface area contributed by atoms with Gasteiger partial charge in [0.05, 0.1) is 12.2 Å². The van der Waals surface area contributed by atoms with E-state index < -0.39 is 0 Å². The number of aromatic nitrogens is 3. The molecule has 0 aliphatic carbocycles. The standard InChI is InChI=1S/C17H17FN4/c1-12-4-2-6-14(8-12)17-16(10-19)20-21-22(17)11-13-5-3-7-15(18)9-13/h2-9H,10-11,19H2,1H3.